The Kier molecular flexibility index (Phi) is 5.04. The molecule has 0 bridgehead atoms. The van der Waals surface area contributed by atoms with Gasteiger partial charge in [-0.25, -0.2) is 13.2 Å². The van der Waals surface area contributed by atoms with Crippen LogP contribution in [0.15, 0.2) is 47.4 Å². The molecule has 0 atom stereocenters. The normalized spacial score (nSPS) is 11.0. The van der Waals surface area contributed by atoms with E-state index in [1.165, 1.54) is 32.2 Å². The second-order valence-corrected chi connectivity index (χ2v) is 7.09. The largest absolute Gasteiger partial charge is 0.465 e. The van der Waals surface area contributed by atoms with Gasteiger partial charge in [0.2, 0.25) is 0 Å². The molecule has 7 heteroatoms. The predicted molar refractivity (Wildman–Crippen MR) is 87.4 cm³/mol. The Morgan fingerprint density at radius 1 is 0.958 bits per heavy atom. The van der Waals surface area contributed by atoms with Gasteiger partial charge in [0, 0.05) is 11.8 Å². The van der Waals surface area contributed by atoms with E-state index < -0.39 is 15.8 Å². The van der Waals surface area contributed by atoms with Crippen molar-refractivity contribution < 1.29 is 27.5 Å². The number of ether oxygens (including phenoxy) is 2. The fourth-order valence-corrected chi connectivity index (χ4v) is 2.83. The van der Waals surface area contributed by atoms with Crippen molar-refractivity contribution in [2.45, 2.75) is 11.8 Å². The molecule has 24 heavy (non-hydrogen) atoms. The second kappa shape index (κ2) is 6.84. The van der Waals surface area contributed by atoms with Gasteiger partial charge in [0.05, 0.1) is 12.7 Å². The first kappa shape index (κ1) is 17.7. The van der Waals surface area contributed by atoms with E-state index in [9.17, 15) is 18.0 Å². The number of ketones is 1. The van der Waals surface area contributed by atoms with Crippen molar-refractivity contribution in [3.05, 3.63) is 53.6 Å². The number of esters is 1. The third-order valence-electron chi connectivity index (χ3n) is 3.25. The molecule has 0 saturated heterocycles. The Morgan fingerprint density at radius 2 is 1.54 bits per heavy atom. The average molecular weight is 348 g/mol. The standard InChI is InChI=1S/C17H16O6S/c1-11(18)12-4-7-14(8-5-12)23-15-9-6-13(17(19)22-2)10-16(15)24(3,20)21/h4-10H,1-3H3. The second-order valence-electron chi connectivity index (χ2n) is 5.11. The van der Waals surface area contributed by atoms with Gasteiger partial charge in [-0.1, -0.05) is 0 Å². The molecule has 6 nitrogen and oxygen atoms in total. The Labute approximate surface area is 139 Å². The number of Topliss-reactive ketones (excluding diaryl/α,β-unsaturated/α-hetero) is 1. The summed E-state index contributed by atoms with van der Waals surface area (Å²) in [5, 5.41) is 0. The first-order valence-electron chi connectivity index (χ1n) is 6.93. The van der Waals surface area contributed by atoms with E-state index in [2.05, 4.69) is 4.74 Å². The van der Waals surface area contributed by atoms with Gasteiger partial charge in [0.15, 0.2) is 15.6 Å². The van der Waals surface area contributed by atoms with Crippen molar-refractivity contribution in [2.75, 3.05) is 13.4 Å². The zero-order chi connectivity index (χ0) is 17.9. The molecule has 0 N–H and O–H groups in total. The molecule has 0 radical (unpaired) electrons. The maximum Gasteiger partial charge on any atom is 0.337 e. The summed E-state index contributed by atoms with van der Waals surface area (Å²) in [5.74, 6) is -0.269. The van der Waals surface area contributed by atoms with Crippen LogP contribution in [0.3, 0.4) is 0 Å². The summed E-state index contributed by atoms with van der Waals surface area (Å²) < 4.78 is 34.1. The summed E-state index contributed by atoms with van der Waals surface area (Å²) in [4.78, 5) is 22.7. The van der Waals surface area contributed by atoms with Gasteiger partial charge < -0.3 is 9.47 Å². The van der Waals surface area contributed by atoms with Crippen LogP contribution in [-0.4, -0.2) is 33.5 Å². The SMILES string of the molecule is COC(=O)c1ccc(Oc2ccc(C(C)=O)cc2)c(S(C)(=O)=O)c1. The van der Waals surface area contributed by atoms with Crippen LogP contribution in [-0.2, 0) is 14.6 Å². The van der Waals surface area contributed by atoms with Crippen molar-refractivity contribution in [1.29, 1.82) is 0 Å². The van der Waals surface area contributed by atoms with Crippen LogP contribution < -0.4 is 4.74 Å². The maximum absolute atomic E-state index is 12.0. The van der Waals surface area contributed by atoms with Crippen LogP contribution in [0.2, 0.25) is 0 Å². The summed E-state index contributed by atoms with van der Waals surface area (Å²) >= 11 is 0. The van der Waals surface area contributed by atoms with Gasteiger partial charge in [-0.3, -0.25) is 4.79 Å². The van der Waals surface area contributed by atoms with Crippen LogP contribution in [0.1, 0.15) is 27.6 Å². The first-order valence-corrected chi connectivity index (χ1v) is 8.83. The van der Waals surface area contributed by atoms with Crippen LogP contribution in [0.5, 0.6) is 11.5 Å². The van der Waals surface area contributed by atoms with Gasteiger partial charge in [0.1, 0.15) is 16.4 Å². The van der Waals surface area contributed by atoms with Crippen LogP contribution >= 0.6 is 0 Å². The highest BCUT2D eigenvalue weighted by molar-refractivity contribution is 7.90. The highest BCUT2D eigenvalue weighted by atomic mass is 32.2. The zero-order valence-corrected chi connectivity index (χ0v) is 14.2. The molecular weight excluding hydrogens is 332 g/mol. The first-order chi connectivity index (χ1) is 11.2. The van der Waals surface area contributed by atoms with Crippen LogP contribution in [0.4, 0.5) is 0 Å². The number of hydrogen-bond donors (Lipinski definition) is 0. The highest BCUT2D eigenvalue weighted by Crippen LogP contribution is 2.30. The monoisotopic (exact) mass is 348 g/mol. The van der Waals surface area contributed by atoms with Crippen molar-refractivity contribution in [3.8, 4) is 11.5 Å². The Balaban J connectivity index is 2.42. The van der Waals surface area contributed by atoms with E-state index >= 15 is 0 Å². The van der Waals surface area contributed by atoms with Crippen molar-refractivity contribution >= 4 is 21.6 Å². The van der Waals surface area contributed by atoms with E-state index in [1.807, 2.05) is 0 Å². The lowest BCUT2D eigenvalue weighted by molar-refractivity contribution is 0.0600. The van der Waals surface area contributed by atoms with E-state index in [0.29, 0.717) is 11.3 Å². The molecule has 0 amide bonds. The van der Waals surface area contributed by atoms with Crippen molar-refractivity contribution in [3.63, 3.8) is 0 Å². The zero-order valence-electron chi connectivity index (χ0n) is 13.4. The number of methoxy groups -OCH3 is 1. The third-order valence-corrected chi connectivity index (χ3v) is 4.37. The lowest BCUT2D eigenvalue weighted by Gasteiger charge is -2.11. The van der Waals surface area contributed by atoms with Gasteiger partial charge in [0.25, 0.3) is 0 Å². The fourth-order valence-electron chi connectivity index (χ4n) is 2.01. The minimum absolute atomic E-state index is 0.0826. The Hall–Kier alpha value is -2.67. The molecule has 0 unspecified atom stereocenters. The molecule has 0 fully saturated rings. The van der Waals surface area contributed by atoms with Crippen LogP contribution in [0, 0.1) is 0 Å². The molecule has 0 aliphatic carbocycles. The molecule has 2 rings (SSSR count). The summed E-state index contributed by atoms with van der Waals surface area (Å²) in [6, 6.07) is 10.3. The molecule has 126 valence electrons. The van der Waals surface area contributed by atoms with Gasteiger partial charge in [-0.15, -0.1) is 0 Å². The van der Waals surface area contributed by atoms with Gasteiger partial charge >= 0.3 is 5.97 Å². The molecule has 0 aliphatic heterocycles. The maximum atomic E-state index is 12.0. The molecule has 0 spiro atoms. The third kappa shape index (κ3) is 3.99. The van der Waals surface area contributed by atoms with Crippen LogP contribution in [0.25, 0.3) is 0 Å². The lowest BCUT2D eigenvalue weighted by atomic mass is 10.1. The Morgan fingerprint density at radius 3 is 2.04 bits per heavy atom. The fraction of sp³-hybridized carbons (Fsp3) is 0.176. The van der Waals surface area contributed by atoms with E-state index in [0.717, 1.165) is 6.26 Å². The summed E-state index contributed by atoms with van der Waals surface area (Å²) in [6.07, 6.45) is 1.02. The summed E-state index contributed by atoms with van der Waals surface area (Å²) in [6.45, 7) is 1.45. The Bertz CT molecular complexity index is 882. The van der Waals surface area contributed by atoms with E-state index in [-0.39, 0.29) is 22.0 Å². The molecule has 0 saturated carbocycles. The van der Waals surface area contributed by atoms with Gasteiger partial charge in [-0.2, -0.15) is 0 Å². The molecular formula is C17H16O6S. The van der Waals surface area contributed by atoms with E-state index in [1.54, 1.807) is 24.3 Å². The van der Waals surface area contributed by atoms with Crippen molar-refractivity contribution in [1.82, 2.24) is 0 Å². The number of sulfone groups is 1. The molecule has 2 aromatic rings. The highest BCUT2D eigenvalue weighted by Gasteiger charge is 2.19. The molecule has 2 aromatic carbocycles. The number of carbonyl (C=O) groups excluding carboxylic acids is 2. The number of rotatable bonds is 5. The number of hydrogen-bond acceptors (Lipinski definition) is 6. The lowest BCUT2D eigenvalue weighted by Crippen LogP contribution is -2.06. The predicted octanol–water partition coefficient (Wildman–Crippen LogP) is 2.87. The number of benzene rings is 2. The minimum atomic E-state index is -3.63. The summed E-state index contributed by atoms with van der Waals surface area (Å²) in [5.41, 5.74) is 0.629. The number of carbonyl (C=O) groups is 2. The summed E-state index contributed by atoms with van der Waals surface area (Å²) in [7, 11) is -2.41. The molecule has 0 heterocycles. The smallest absolute Gasteiger partial charge is 0.337 e. The van der Waals surface area contributed by atoms with E-state index in [4.69, 9.17) is 4.74 Å². The average Bonchev–Trinajstić information content (AvgIpc) is 2.54. The quantitative estimate of drug-likeness (QED) is 0.610. The van der Waals surface area contributed by atoms with Crippen molar-refractivity contribution in [2.24, 2.45) is 0 Å². The topological polar surface area (TPSA) is 86.7 Å². The molecule has 0 aliphatic rings. The van der Waals surface area contributed by atoms with Gasteiger partial charge in [-0.05, 0) is 49.4 Å². The minimum Gasteiger partial charge on any atom is -0.465 e. The molecule has 0 aromatic heterocycles.